The summed E-state index contributed by atoms with van der Waals surface area (Å²) >= 11 is 3.72. The van der Waals surface area contributed by atoms with E-state index in [4.69, 9.17) is 0 Å². The van der Waals surface area contributed by atoms with Crippen molar-refractivity contribution >= 4 is 15.9 Å². The number of halogens is 1. The van der Waals surface area contributed by atoms with Crippen LogP contribution in [0, 0.1) is 13.8 Å². The van der Waals surface area contributed by atoms with Gasteiger partial charge in [-0.15, -0.1) is 0 Å². The van der Waals surface area contributed by atoms with Crippen molar-refractivity contribution in [1.82, 2.24) is 5.32 Å². The molecule has 0 bridgehead atoms. The molecule has 0 aliphatic heterocycles. The van der Waals surface area contributed by atoms with E-state index in [1.807, 2.05) is 0 Å². The molecule has 1 N–H and O–H groups in total. The molecule has 20 heavy (non-hydrogen) atoms. The minimum absolute atomic E-state index is 0.241. The lowest BCUT2D eigenvalue weighted by Gasteiger charge is -2.21. The summed E-state index contributed by atoms with van der Waals surface area (Å²) in [6.45, 7) is 7.48. The van der Waals surface area contributed by atoms with Crippen LogP contribution in [0.2, 0.25) is 0 Å². The molecule has 2 rings (SSSR count). The quantitative estimate of drug-likeness (QED) is 0.798. The molecule has 106 valence electrons. The van der Waals surface area contributed by atoms with Gasteiger partial charge in [-0.1, -0.05) is 64.8 Å². The highest BCUT2D eigenvalue weighted by Gasteiger charge is 2.16. The van der Waals surface area contributed by atoms with Gasteiger partial charge < -0.3 is 5.32 Å². The maximum Gasteiger partial charge on any atom is 0.0587 e. The first-order valence-corrected chi connectivity index (χ1v) is 7.97. The van der Waals surface area contributed by atoms with Crippen LogP contribution in [0.1, 0.15) is 41.6 Å². The summed E-state index contributed by atoms with van der Waals surface area (Å²) < 4.78 is 1.17. The van der Waals surface area contributed by atoms with E-state index in [-0.39, 0.29) is 6.04 Å². The van der Waals surface area contributed by atoms with E-state index in [0.717, 1.165) is 13.0 Å². The van der Waals surface area contributed by atoms with Gasteiger partial charge in [-0.3, -0.25) is 0 Å². The van der Waals surface area contributed by atoms with E-state index in [1.165, 1.54) is 26.7 Å². The lowest BCUT2D eigenvalue weighted by Crippen LogP contribution is -2.23. The van der Waals surface area contributed by atoms with Gasteiger partial charge >= 0.3 is 0 Å². The Morgan fingerprint density at radius 3 is 2.45 bits per heavy atom. The van der Waals surface area contributed by atoms with Gasteiger partial charge in [0.2, 0.25) is 0 Å². The minimum Gasteiger partial charge on any atom is -0.306 e. The molecule has 1 unspecified atom stereocenters. The second-order valence-electron chi connectivity index (χ2n) is 5.33. The molecule has 1 atom stereocenters. The number of nitrogens with one attached hydrogen (secondary N) is 1. The van der Waals surface area contributed by atoms with Gasteiger partial charge in [-0.2, -0.15) is 0 Å². The third-order valence-corrected chi connectivity index (χ3v) is 4.13. The van der Waals surface area contributed by atoms with E-state index >= 15 is 0 Å². The summed E-state index contributed by atoms with van der Waals surface area (Å²) in [5.74, 6) is 0. The first-order chi connectivity index (χ1) is 9.61. The van der Waals surface area contributed by atoms with Crippen molar-refractivity contribution in [3.63, 3.8) is 0 Å². The van der Waals surface area contributed by atoms with Gasteiger partial charge in [0.25, 0.3) is 0 Å². The molecule has 2 aromatic carbocycles. The van der Waals surface area contributed by atoms with Crippen LogP contribution in [0.4, 0.5) is 0 Å². The van der Waals surface area contributed by atoms with Crippen LogP contribution in [-0.2, 0) is 0 Å². The highest BCUT2D eigenvalue weighted by molar-refractivity contribution is 9.10. The summed E-state index contributed by atoms with van der Waals surface area (Å²) in [5.41, 5.74) is 5.20. The average molecular weight is 332 g/mol. The second-order valence-corrected chi connectivity index (χ2v) is 6.18. The normalized spacial score (nSPS) is 12.4. The van der Waals surface area contributed by atoms with Gasteiger partial charge in [0.15, 0.2) is 0 Å². The molecule has 0 saturated heterocycles. The average Bonchev–Trinajstić information content (AvgIpc) is 2.41. The minimum atomic E-state index is 0.241. The van der Waals surface area contributed by atoms with Crippen LogP contribution in [0.3, 0.4) is 0 Å². The standard InChI is InChI=1S/C18H22BrN/c1-4-10-20-18(15-7-5-6-13(2)11-15)16-9-8-14(3)12-17(16)19/h5-9,11-12,18,20H,4,10H2,1-3H3. The number of rotatable bonds is 5. The van der Waals surface area contributed by atoms with Crippen molar-refractivity contribution < 1.29 is 0 Å². The third-order valence-electron chi connectivity index (χ3n) is 3.44. The SMILES string of the molecule is CCCNC(c1cccc(C)c1)c1ccc(C)cc1Br. The molecular formula is C18H22BrN. The van der Waals surface area contributed by atoms with Crippen molar-refractivity contribution in [2.75, 3.05) is 6.54 Å². The predicted octanol–water partition coefficient (Wildman–Crippen LogP) is 5.15. The number of hydrogen-bond acceptors (Lipinski definition) is 1. The van der Waals surface area contributed by atoms with E-state index in [1.54, 1.807) is 0 Å². The van der Waals surface area contributed by atoms with Crippen LogP contribution in [-0.4, -0.2) is 6.54 Å². The number of aryl methyl sites for hydroxylation is 2. The molecule has 0 amide bonds. The van der Waals surface area contributed by atoms with Gasteiger partial charge in [-0.05, 0) is 49.6 Å². The highest BCUT2D eigenvalue weighted by atomic mass is 79.9. The number of benzene rings is 2. The maximum absolute atomic E-state index is 3.72. The Hall–Kier alpha value is -1.12. The Labute approximate surface area is 130 Å². The first kappa shape index (κ1) is 15.3. The zero-order chi connectivity index (χ0) is 14.5. The molecule has 2 aromatic rings. The first-order valence-electron chi connectivity index (χ1n) is 7.18. The fourth-order valence-corrected chi connectivity index (χ4v) is 3.13. The predicted molar refractivity (Wildman–Crippen MR) is 90.2 cm³/mol. The Balaban J connectivity index is 2.41. The fourth-order valence-electron chi connectivity index (χ4n) is 2.41. The summed E-state index contributed by atoms with van der Waals surface area (Å²) in [6.07, 6.45) is 1.13. The summed E-state index contributed by atoms with van der Waals surface area (Å²) in [7, 11) is 0. The van der Waals surface area contributed by atoms with Crippen molar-refractivity contribution in [2.45, 2.75) is 33.2 Å². The Morgan fingerprint density at radius 1 is 1.05 bits per heavy atom. The third kappa shape index (κ3) is 3.71. The molecule has 0 spiro atoms. The summed E-state index contributed by atoms with van der Waals surface area (Å²) in [6, 6.07) is 15.6. The van der Waals surface area contributed by atoms with Gasteiger partial charge in [-0.25, -0.2) is 0 Å². The largest absolute Gasteiger partial charge is 0.306 e. The van der Waals surface area contributed by atoms with Gasteiger partial charge in [0, 0.05) is 4.47 Å². The number of hydrogen-bond donors (Lipinski definition) is 1. The van der Waals surface area contributed by atoms with E-state index in [2.05, 4.69) is 84.5 Å². The van der Waals surface area contributed by atoms with Crippen LogP contribution >= 0.6 is 15.9 Å². The van der Waals surface area contributed by atoms with E-state index in [9.17, 15) is 0 Å². The summed E-state index contributed by atoms with van der Waals surface area (Å²) in [5, 5.41) is 3.66. The lowest BCUT2D eigenvalue weighted by molar-refractivity contribution is 0.596. The van der Waals surface area contributed by atoms with Gasteiger partial charge in [0.05, 0.1) is 6.04 Å². The molecule has 0 fully saturated rings. The summed E-state index contributed by atoms with van der Waals surface area (Å²) in [4.78, 5) is 0. The molecule has 0 radical (unpaired) electrons. The molecular weight excluding hydrogens is 310 g/mol. The molecule has 0 aromatic heterocycles. The molecule has 0 saturated carbocycles. The van der Waals surface area contributed by atoms with Crippen molar-refractivity contribution in [1.29, 1.82) is 0 Å². The maximum atomic E-state index is 3.72. The van der Waals surface area contributed by atoms with Crippen molar-refractivity contribution in [3.05, 3.63) is 69.2 Å². The van der Waals surface area contributed by atoms with Crippen LogP contribution in [0.5, 0.6) is 0 Å². The lowest BCUT2D eigenvalue weighted by atomic mass is 9.96. The Morgan fingerprint density at radius 2 is 1.80 bits per heavy atom. The molecule has 2 heteroatoms. The molecule has 0 aliphatic rings. The van der Waals surface area contributed by atoms with Crippen LogP contribution in [0.15, 0.2) is 46.9 Å². The zero-order valence-electron chi connectivity index (χ0n) is 12.4. The Bertz CT molecular complexity index is 577. The van der Waals surface area contributed by atoms with Crippen molar-refractivity contribution in [3.8, 4) is 0 Å². The zero-order valence-corrected chi connectivity index (χ0v) is 14.0. The van der Waals surface area contributed by atoms with Gasteiger partial charge in [0.1, 0.15) is 0 Å². The van der Waals surface area contributed by atoms with E-state index in [0.29, 0.717) is 0 Å². The van der Waals surface area contributed by atoms with Crippen molar-refractivity contribution in [2.24, 2.45) is 0 Å². The molecule has 0 heterocycles. The van der Waals surface area contributed by atoms with Crippen LogP contribution in [0.25, 0.3) is 0 Å². The fraction of sp³-hybridized carbons (Fsp3) is 0.333. The van der Waals surface area contributed by atoms with E-state index < -0.39 is 0 Å². The highest BCUT2D eigenvalue weighted by Crippen LogP contribution is 2.29. The monoisotopic (exact) mass is 331 g/mol. The smallest absolute Gasteiger partial charge is 0.0587 e. The Kier molecular flexibility index (Phi) is 5.38. The van der Waals surface area contributed by atoms with Crippen LogP contribution < -0.4 is 5.32 Å². The second kappa shape index (κ2) is 7.05. The molecule has 0 aliphatic carbocycles. The molecule has 1 nitrogen and oxygen atoms in total. The topological polar surface area (TPSA) is 12.0 Å².